The highest BCUT2D eigenvalue weighted by molar-refractivity contribution is 5.83. The summed E-state index contributed by atoms with van der Waals surface area (Å²) in [4.78, 5) is 22.5. The summed E-state index contributed by atoms with van der Waals surface area (Å²) in [6.45, 7) is 3.55. The van der Waals surface area contributed by atoms with Crippen molar-refractivity contribution in [3.63, 3.8) is 0 Å². The van der Waals surface area contributed by atoms with Crippen LogP contribution >= 0.6 is 0 Å². The van der Waals surface area contributed by atoms with Crippen LogP contribution in [-0.2, 0) is 9.59 Å². The highest BCUT2D eigenvalue weighted by atomic mass is 16.5. The second-order valence-corrected chi connectivity index (χ2v) is 5.63. The lowest BCUT2D eigenvalue weighted by atomic mass is 10.1. The molecule has 0 saturated heterocycles. The molecule has 0 atom stereocenters. The van der Waals surface area contributed by atoms with Crippen molar-refractivity contribution in [3.05, 3.63) is 59.2 Å². The Hall–Kier alpha value is -3.35. The van der Waals surface area contributed by atoms with Gasteiger partial charge in [0.2, 0.25) is 0 Å². The summed E-state index contributed by atoms with van der Waals surface area (Å²) in [7, 11) is 0. The van der Waals surface area contributed by atoms with Gasteiger partial charge in [-0.25, -0.2) is 5.43 Å². The van der Waals surface area contributed by atoms with Crippen LogP contribution in [0.15, 0.2) is 47.6 Å². The molecule has 0 aromatic heterocycles. The predicted octanol–water partition coefficient (Wildman–Crippen LogP) is 1.70. The third-order valence-corrected chi connectivity index (χ3v) is 3.42. The van der Waals surface area contributed by atoms with Gasteiger partial charge in [0.15, 0.2) is 13.2 Å². The molecule has 7 heteroatoms. The van der Waals surface area contributed by atoms with Crippen LogP contribution in [0.1, 0.15) is 16.7 Å². The van der Waals surface area contributed by atoms with Crippen LogP contribution in [0.25, 0.3) is 0 Å². The van der Waals surface area contributed by atoms with E-state index < -0.39 is 5.91 Å². The molecule has 26 heavy (non-hydrogen) atoms. The second kappa shape index (κ2) is 9.22. The number of ether oxygens (including phenoxy) is 2. The van der Waals surface area contributed by atoms with Gasteiger partial charge in [0.1, 0.15) is 11.5 Å². The first-order chi connectivity index (χ1) is 12.5. The van der Waals surface area contributed by atoms with Crippen molar-refractivity contribution in [2.75, 3.05) is 13.2 Å². The number of nitrogens with two attached hydrogens (primary N) is 1. The molecule has 0 radical (unpaired) electrons. The van der Waals surface area contributed by atoms with Crippen molar-refractivity contribution >= 4 is 18.0 Å². The normalized spacial score (nSPS) is 10.5. The van der Waals surface area contributed by atoms with Gasteiger partial charge in [0.05, 0.1) is 6.21 Å². The maximum absolute atomic E-state index is 11.8. The molecule has 0 fully saturated rings. The average Bonchev–Trinajstić information content (AvgIpc) is 2.60. The number of benzene rings is 2. The molecule has 3 N–H and O–H groups in total. The van der Waals surface area contributed by atoms with Crippen molar-refractivity contribution in [1.29, 1.82) is 0 Å². The highest BCUT2D eigenvalue weighted by Gasteiger charge is 2.06. The summed E-state index contributed by atoms with van der Waals surface area (Å²) in [5.41, 5.74) is 10.1. The summed E-state index contributed by atoms with van der Waals surface area (Å²) >= 11 is 0. The van der Waals surface area contributed by atoms with E-state index in [1.165, 1.54) is 6.21 Å². The molecule has 0 aliphatic heterocycles. The second-order valence-electron chi connectivity index (χ2n) is 5.63. The molecule has 0 aliphatic carbocycles. The standard InChI is InChI=1S/C19H21N3O4/c1-13-4-3-5-14(2)19(13)26-12-18(24)22-21-10-15-6-8-16(9-7-15)25-11-17(20)23/h3-10H,11-12H2,1-2H3,(H2,20,23)(H,22,24)/b21-10-. The molecule has 2 rings (SSSR count). The fraction of sp³-hybridized carbons (Fsp3) is 0.211. The molecule has 2 aromatic rings. The van der Waals surface area contributed by atoms with E-state index in [0.717, 1.165) is 16.7 Å². The molecular weight excluding hydrogens is 334 g/mol. The van der Waals surface area contributed by atoms with Crippen molar-refractivity contribution in [2.45, 2.75) is 13.8 Å². The topological polar surface area (TPSA) is 103 Å². The van der Waals surface area contributed by atoms with E-state index in [4.69, 9.17) is 15.2 Å². The Balaban J connectivity index is 1.80. The van der Waals surface area contributed by atoms with Crippen LogP contribution in [0.4, 0.5) is 0 Å². The number of nitrogens with zero attached hydrogens (tertiary/aromatic N) is 1. The van der Waals surface area contributed by atoms with Gasteiger partial charge < -0.3 is 15.2 Å². The number of nitrogens with one attached hydrogen (secondary N) is 1. The summed E-state index contributed by atoms with van der Waals surface area (Å²) in [5.74, 6) is 0.331. The quantitative estimate of drug-likeness (QED) is 0.555. The number of para-hydroxylation sites is 1. The van der Waals surface area contributed by atoms with Gasteiger partial charge in [0.25, 0.3) is 11.8 Å². The van der Waals surface area contributed by atoms with Gasteiger partial charge in [-0.3, -0.25) is 9.59 Å². The largest absolute Gasteiger partial charge is 0.484 e. The van der Waals surface area contributed by atoms with E-state index in [-0.39, 0.29) is 19.1 Å². The molecule has 7 nitrogen and oxygen atoms in total. The molecular formula is C19H21N3O4. The van der Waals surface area contributed by atoms with Crippen LogP contribution in [0.2, 0.25) is 0 Å². The zero-order valence-electron chi connectivity index (χ0n) is 14.7. The minimum absolute atomic E-state index is 0.122. The van der Waals surface area contributed by atoms with Crippen molar-refractivity contribution in [2.24, 2.45) is 10.8 Å². The molecule has 2 aromatic carbocycles. The lowest BCUT2D eigenvalue weighted by Gasteiger charge is -2.10. The highest BCUT2D eigenvalue weighted by Crippen LogP contribution is 2.21. The van der Waals surface area contributed by atoms with Gasteiger partial charge in [-0.2, -0.15) is 5.10 Å². The fourth-order valence-electron chi connectivity index (χ4n) is 2.18. The molecule has 0 heterocycles. The zero-order chi connectivity index (χ0) is 18.9. The smallest absolute Gasteiger partial charge is 0.277 e. The number of hydrazone groups is 1. The molecule has 0 unspecified atom stereocenters. The first kappa shape index (κ1) is 19.0. The molecule has 2 amide bonds. The Labute approximate surface area is 151 Å². The Kier molecular flexibility index (Phi) is 6.73. The number of hydrogen-bond donors (Lipinski definition) is 2. The van der Waals surface area contributed by atoms with E-state index in [1.807, 2.05) is 32.0 Å². The minimum Gasteiger partial charge on any atom is -0.484 e. The summed E-state index contributed by atoms with van der Waals surface area (Å²) in [6.07, 6.45) is 1.49. The number of rotatable bonds is 8. The average molecular weight is 355 g/mol. The van der Waals surface area contributed by atoms with Crippen LogP contribution in [0.5, 0.6) is 11.5 Å². The SMILES string of the molecule is Cc1cccc(C)c1OCC(=O)N/N=C\c1ccc(OCC(N)=O)cc1. The zero-order valence-corrected chi connectivity index (χ0v) is 14.7. The first-order valence-corrected chi connectivity index (χ1v) is 7.98. The van der Waals surface area contributed by atoms with Crippen molar-refractivity contribution < 1.29 is 19.1 Å². The maximum Gasteiger partial charge on any atom is 0.277 e. The number of hydrogen-bond acceptors (Lipinski definition) is 5. The van der Waals surface area contributed by atoms with E-state index in [9.17, 15) is 9.59 Å². The van der Waals surface area contributed by atoms with E-state index in [0.29, 0.717) is 11.5 Å². The Morgan fingerprint density at radius 2 is 1.69 bits per heavy atom. The van der Waals surface area contributed by atoms with Gasteiger partial charge >= 0.3 is 0 Å². The monoisotopic (exact) mass is 355 g/mol. The van der Waals surface area contributed by atoms with Crippen LogP contribution in [0, 0.1) is 13.8 Å². The van der Waals surface area contributed by atoms with Crippen LogP contribution < -0.4 is 20.6 Å². The number of amides is 2. The predicted molar refractivity (Wildman–Crippen MR) is 98.3 cm³/mol. The number of aryl methyl sites for hydroxylation is 2. The third kappa shape index (κ3) is 5.94. The fourth-order valence-corrected chi connectivity index (χ4v) is 2.18. The molecule has 136 valence electrons. The first-order valence-electron chi connectivity index (χ1n) is 7.98. The van der Waals surface area contributed by atoms with Crippen molar-refractivity contribution in [3.8, 4) is 11.5 Å². The Morgan fingerprint density at radius 1 is 1.04 bits per heavy atom. The number of primary amides is 1. The minimum atomic E-state index is -0.540. The number of carbonyl (C=O) groups is 2. The van der Waals surface area contributed by atoms with E-state index >= 15 is 0 Å². The summed E-state index contributed by atoms with van der Waals surface area (Å²) in [5, 5.41) is 3.88. The molecule has 0 saturated carbocycles. The number of carbonyl (C=O) groups excluding carboxylic acids is 2. The van der Waals surface area contributed by atoms with Gasteiger partial charge in [0, 0.05) is 0 Å². The molecule has 0 bridgehead atoms. The molecule has 0 spiro atoms. The summed E-state index contributed by atoms with van der Waals surface area (Å²) in [6, 6.07) is 12.6. The van der Waals surface area contributed by atoms with Gasteiger partial charge in [-0.1, -0.05) is 18.2 Å². The lowest BCUT2D eigenvalue weighted by Crippen LogP contribution is -2.25. The Bertz CT molecular complexity index is 781. The van der Waals surface area contributed by atoms with Crippen molar-refractivity contribution in [1.82, 2.24) is 5.43 Å². The summed E-state index contributed by atoms with van der Waals surface area (Å²) < 4.78 is 10.7. The Morgan fingerprint density at radius 3 is 2.31 bits per heavy atom. The van der Waals surface area contributed by atoms with E-state index in [1.54, 1.807) is 24.3 Å². The lowest BCUT2D eigenvalue weighted by molar-refractivity contribution is -0.123. The van der Waals surface area contributed by atoms with Gasteiger partial charge in [-0.15, -0.1) is 0 Å². The molecule has 0 aliphatic rings. The van der Waals surface area contributed by atoms with Crippen LogP contribution in [-0.4, -0.2) is 31.2 Å². The maximum atomic E-state index is 11.8. The van der Waals surface area contributed by atoms with E-state index in [2.05, 4.69) is 10.5 Å². The van der Waals surface area contributed by atoms with Crippen LogP contribution in [0.3, 0.4) is 0 Å². The third-order valence-electron chi connectivity index (χ3n) is 3.42. The van der Waals surface area contributed by atoms with Gasteiger partial charge in [-0.05, 0) is 54.8 Å².